The van der Waals surface area contributed by atoms with Crippen LogP contribution in [-0.2, 0) is 19.0 Å². The van der Waals surface area contributed by atoms with Crippen molar-refractivity contribution in [2.75, 3.05) is 20.3 Å². The molecule has 1 heterocycles. The van der Waals surface area contributed by atoms with Crippen molar-refractivity contribution in [3.63, 3.8) is 0 Å². The molecule has 0 unspecified atom stereocenters. The third-order valence-electron chi connectivity index (χ3n) is 9.52. The van der Waals surface area contributed by atoms with Crippen LogP contribution < -0.4 is 0 Å². The molecule has 5 rings (SSSR count). The fourth-order valence-corrected chi connectivity index (χ4v) is 8.19. The average Bonchev–Trinajstić information content (AvgIpc) is 3.34. The minimum absolute atomic E-state index is 0.0446. The van der Waals surface area contributed by atoms with Crippen LogP contribution in [0.2, 0.25) is 0 Å². The van der Waals surface area contributed by atoms with Gasteiger partial charge in [-0.3, -0.25) is 0 Å². The first kappa shape index (κ1) is 21.1. The van der Waals surface area contributed by atoms with Crippen LogP contribution in [0.3, 0.4) is 0 Å². The first-order chi connectivity index (χ1) is 14.9. The highest BCUT2D eigenvalue weighted by atomic mass is 16.7. The topological polar surface area (TPSA) is 65.0 Å². The van der Waals surface area contributed by atoms with E-state index in [2.05, 4.69) is 18.9 Å². The van der Waals surface area contributed by atoms with Crippen molar-refractivity contribution in [2.45, 2.75) is 70.5 Å². The number of ether oxygens (including phenoxy) is 3. The zero-order chi connectivity index (χ0) is 21.9. The molecule has 3 saturated carbocycles. The Kier molecular flexibility index (Phi) is 5.03. The van der Waals surface area contributed by atoms with E-state index in [-0.39, 0.29) is 16.6 Å². The first-order valence-corrected chi connectivity index (χ1v) is 11.8. The Morgan fingerprint density at radius 3 is 2.71 bits per heavy atom. The largest absolute Gasteiger partial charge is 0.490 e. The van der Waals surface area contributed by atoms with E-state index >= 15 is 0 Å². The van der Waals surface area contributed by atoms with Crippen molar-refractivity contribution in [3.8, 4) is 12.3 Å². The van der Waals surface area contributed by atoms with Crippen molar-refractivity contribution < 1.29 is 24.1 Å². The van der Waals surface area contributed by atoms with Gasteiger partial charge in [0.25, 0.3) is 0 Å². The summed E-state index contributed by atoms with van der Waals surface area (Å²) in [6, 6.07) is 0. The van der Waals surface area contributed by atoms with Crippen LogP contribution in [0.15, 0.2) is 23.0 Å². The molecule has 5 atom stereocenters. The van der Waals surface area contributed by atoms with Crippen molar-refractivity contribution in [3.05, 3.63) is 23.0 Å². The van der Waals surface area contributed by atoms with Gasteiger partial charge < -0.3 is 19.3 Å². The summed E-state index contributed by atoms with van der Waals surface area (Å²) in [5.74, 6) is 3.40. The molecule has 0 aromatic carbocycles. The van der Waals surface area contributed by atoms with Gasteiger partial charge in [0, 0.05) is 24.7 Å². The van der Waals surface area contributed by atoms with E-state index in [4.69, 9.17) is 20.6 Å². The van der Waals surface area contributed by atoms with Crippen LogP contribution in [0.4, 0.5) is 0 Å². The first-order valence-electron chi connectivity index (χ1n) is 11.8. The van der Waals surface area contributed by atoms with Crippen LogP contribution >= 0.6 is 0 Å². The van der Waals surface area contributed by atoms with Crippen LogP contribution in [-0.4, -0.2) is 37.2 Å². The molecule has 1 spiro atoms. The van der Waals surface area contributed by atoms with Crippen molar-refractivity contribution >= 4 is 5.97 Å². The summed E-state index contributed by atoms with van der Waals surface area (Å²) < 4.78 is 17.5. The number of rotatable bonds is 3. The summed E-state index contributed by atoms with van der Waals surface area (Å²) in [5.41, 5.74) is 2.42. The minimum Gasteiger partial charge on any atom is -0.490 e. The van der Waals surface area contributed by atoms with E-state index in [0.29, 0.717) is 31.0 Å². The monoisotopic (exact) mass is 426 g/mol. The lowest BCUT2D eigenvalue weighted by molar-refractivity contribution is -0.185. The predicted molar refractivity (Wildman–Crippen MR) is 116 cm³/mol. The zero-order valence-electron chi connectivity index (χ0n) is 18.7. The van der Waals surface area contributed by atoms with Gasteiger partial charge >= 0.3 is 5.97 Å². The molecule has 31 heavy (non-hydrogen) atoms. The number of carboxylic acids is 1. The van der Waals surface area contributed by atoms with Crippen LogP contribution in [0.25, 0.3) is 0 Å². The predicted octanol–water partition coefficient (Wildman–Crippen LogP) is 4.68. The number of hydrogen-bond donors (Lipinski definition) is 1. The fraction of sp³-hybridized carbons (Fsp3) is 0.731. The molecule has 5 heteroatoms. The number of allylic oxidation sites excluding steroid dienone is 2. The molecule has 0 aromatic rings. The van der Waals surface area contributed by atoms with Gasteiger partial charge in [0.05, 0.1) is 20.3 Å². The Labute approximate surface area is 185 Å². The lowest BCUT2D eigenvalue weighted by atomic mass is 9.46. The van der Waals surface area contributed by atoms with Gasteiger partial charge in [0.1, 0.15) is 0 Å². The zero-order valence-corrected chi connectivity index (χ0v) is 18.7. The van der Waals surface area contributed by atoms with E-state index < -0.39 is 11.8 Å². The molecule has 1 aliphatic heterocycles. The number of aliphatic carboxylic acids is 1. The maximum absolute atomic E-state index is 11.8. The van der Waals surface area contributed by atoms with Gasteiger partial charge in [-0.15, -0.1) is 12.3 Å². The maximum Gasteiger partial charge on any atom is 0.371 e. The second-order valence-corrected chi connectivity index (χ2v) is 10.5. The molecule has 0 aromatic heterocycles. The Hall–Kier alpha value is -1.77. The third-order valence-corrected chi connectivity index (χ3v) is 9.52. The molecule has 0 bridgehead atoms. The Bertz CT molecular complexity index is 873. The number of terminal acetylenes is 1. The Morgan fingerprint density at radius 1 is 1.26 bits per heavy atom. The summed E-state index contributed by atoms with van der Waals surface area (Å²) in [7, 11) is 1.49. The lowest BCUT2D eigenvalue weighted by Crippen LogP contribution is -2.53. The van der Waals surface area contributed by atoms with E-state index in [1.807, 2.05) is 0 Å². The number of carbonyl (C=O) groups is 1. The number of carboxylic acid groups (broad SMARTS) is 1. The van der Waals surface area contributed by atoms with Crippen LogP contribution in [0.1, 0.15) is 64.7 Å². The number of methoxy groups -OCH3 is 1. The maximum atomic E-state index is 11.8. The third kappa shape index (κ3) is 2.94. The van der Waals surface area contributed by atoms with Gasteiger partial charge in [-0.1, -0.05) is 18.6 Å². The van der Waals surface area contributed by atoms with Gasteiger partial charge in [0.15, 0.2) is 5.79 Å². The Balaban J connectivity index is 1.50. The fourth-order valence-electron chi connectivity index (χ4n) is 8.19. The van der Waals surface area contributed by atoms with Crippen molar-refractivity contribution in [1.29, 1.82) is 0 Å². The SMILES string of the molecule is C#CC[C@]12CCC3(CC1=CC[C@@H]1[C@@H]2CC[C@]2(C)/C(=C(/OC)C(=O)O)CC[C@@H]12)OCCO3. The second kappa shape index (κ2) is 7.39. The average molecular weight is 427 g/mol. The second-order valence-electron chi connectivity index (χ2n) is 10.5. The van der Waals surface area contributed by atoms with E-state index in [1.54, 1.807) is 0 Å². The minimum atomic E-state index is -0.940. The smallest absolute Gasteiger partial charge is 0.371 e. The van der Waals surface area contributed by atoms with Crippen LogP contribution in [0, 0.1) is 40.9 Å². The molecule has 1 saturated heterocycles. The molecule has 4 aliphatic carbocycles. The highest BCUT2D eigenvalue weighted by molar-refractivity contribution is 5.85. The molecule has 0 radical (unpaired) electrons. The normalized spacial score (nSPS) is 42.1. The lowest BCUT2D eigenvalue weighted by Gasteiger charge is -2.59. The van der Waals surface area contributed by atoms with Gasteiger partial charge in [-0.25, -0.2) is 4.79 Å². The quantitative estimate of drug-likeness (QED) is 0.307. The highest BCUT2D eigenvalue weighted by Crippen LogP contribution is 2.68. The molecule has 168 valence electrons. The molecular weight excluding hydrogens is 392 g/mol. The summed E-state index contributed by atoms with van der Waals surface area (Å²) in [6.45, 7) is 3.65. The van der Waals surface area contributed by atoms with Gasteiger partial charge in [-0.2, -0.15) is 0 Å². The summed E-state index contributed by atoms with van der Waals surface area (Å²) in [5, 5.41) is 9.70. The number of fused-ring (bicyclic) bond motifs is 5. The molecule has 5 aliphatic rings. The summed E-state index contributed by atoms with van der Waals surface area (Å²) in [4.78, 5) is 11.8. The van der Waals surface area contributed by atoms with E-state index in [9.17, 15) is 9.90 Å². The highest BCUT2D eigenvalue weighted by Gasteiger charge is 2.61. The standard InChI is InChI=1S/C26H34O5/c1-4-10-25-12-13-26(30-14-15-31-26)16-17(25)5-6-18-19-7-8-21(22(29-3)23(27)28)24(19,2)11-9-20(18)25/h1,5,18-20H,6-16H2,2-3H3,(H,27,28)/b22-21+/t18-,19-,20-,24-,25-/m0/s1. The Morgan fingerprint density at radius 2 is 2.03 bits per heavy atom. The molecular formula is C26H34O5. The number of hydrogen-bond acceptors (Lipinski definition) is 4. The molecule has 4 fully saturated rings. The van der Waals surface area contributed by atoms with Crippen molar-refractivity contribution in [2.24, 2.45) is 28.6 Å². The molecule has 1 N–H and O–H groups in total. The van der Waals surface area contributed by atoms with Crippen molar-refractivity contribution in [1.82, 2.24) is 0 Å². The molecule has 0 amide bonds. The molecule has 5 nitrogen and oxygen atoms in total. The van der Waals surface area contributed by atoms with Crippen LogP contribution in [0.5, 0.6) is 0 Å². The van der Waals surface area contributed by atoms with Gasteiger partial charge in [0.2, 0.25) is 5.76 Å². The van der Waals surface area contributed by atoms with E-state index in [1.165, 1.54) is 12.7 Å². The summed E-state index contributed by atoms with van der Waals surface area (Å²) in [6.07, 6.45) is 17.0. The van der Waals surface area contributed by atoms with Gasteiger partial charge in [-0.05, 0) is 67.3 Å². The summed E-state index contributed by atoms with van der Waals surface area (Å²) >= 11 is 0. The van der Waals surface area contributed by atoms with E-state index in [0.717, 1.165) is 63.4 Å².